The number of hydrogen-bond acceptors (Lipinski definition) is 4. The highest BCUT2D eigenvalue weighted by Crippen LogP contribution is 2.26. The van der Waals surface area contributed by atoms with E-state index in [1.165, 1.54) is 6.26 Å². The van der Waals surface area contributed by atoms with Crippen molar-refractivity contribution < 1.29 is 19.1 Å². The molecule has 1 aromatic heterocycles. The molecule has 0 fully saturated rings. The van der Waals surface area contributed by atoms with Crippen LogP contribution in [0.4, 0.5) is 10.5 Å². The fourth-order valence-electron chi connectivity index (χ4n) is 2.16. The maximum absolute atomic E-state index is 12.1. The molecule has 0 aliphatic heterocycles. The zero-order chi connectivity index (χ0) is 17.6. The summed E-state index contributed by atoms with van der Waals surface area (Å²) in [6.07, 6.45) is 2.36. The SMILES string of the molecule is CCCOc1cc(C)ccc1NC(=O)NCC(C)(O)c1ccco1. The zero-order valence-electron chi connectivity index (χ0n) is 14.3. The summed E-state index contributed by atoms with van der Waals surface area (Å²) < 4.78 is 10.8. The summed E-state index contributed by atoms with van der Waals surface area (Å²) >= 11 is 0. The number of aryl methyl sites for hydroxylation is 1. The molecule has 24 heavy (non-hydrogen) atoms. The van der Waals surface area contributed by atoms with Crippen LogP contribution in [0.1, 0.15) is 31.6 Å². The van der Waals surface area contributed by atoms with E-state index in [9.17, 15) is 9.90 Å². The molecule has 0 aliphatic rings. The highest BCUT2D eigenvalue weighted by Gasteiger charge is 2.26. The number of hydrogen-bond donors (Lipinski definition) is 3. The molecule has 0 aliphatic carbocycles. The van der Waals surface area contributed by atoms with Crippen LogP contribution < -0.4 is 15.4 Å². The Labute approximate surface area is 141 Å². The minimum absolute atomic E-state index is 0.0172. The van der Waals surface area contributed by atoms with Gasteiger partial charge in [0.25, 0.3) is 0 Å². The number of aliphatic hydroxyl groups is 1. The van der Waals surface area contributed by atoms with Crippen molar-refractivity contribution in [3.63, 3.8) is 0 Å². The van der Waals surface area contributed by atoms with Gasteiger partial charge < -0.3 is 24.9 Å². The molecule has 2 aromatic rings. The summed E-state index contributed by atoms with van der Waals surface area (Å²) in [5.41, 5.74) is 0.354. The van der Waals surface area contributed by atoms with Crippen molar-refractivity contribution in [3.8, 4) is 5.75 Å². The molecule has 0 radical (unpaired) electrons. The van der Waals surface area contributed by atoms with E-state index in [4.69, 9.17) is 9.15 Å². The van der Waals surface area contributed by atoms with Crippen LogP contribution in [-0.2, 0) is 5.60 Å². The largest absolute Gasteiger partial charge is 0.491 e. The lowest BCUT2D eigenvalue weighted by Crippen LogP contribution is -2.40. The van der Waals surface area contributed by atoms with Gasteiger partial charge in [0.05, 0.1) is 25.1 Å². The van der Waals surface area contributed by atoms with Gasteiger partial charge in [-0.2, -0.15) is 0 Å². The molecule has 130 valence electrons. The maximum Gasteiger partial charge on any atom is 0.319 e. The molecule has 1 unspecified atom stereocenters. The summed E-state index contributed by atoms with van der Waals surface area (Å²) in [6.45, 7) is 6.15. The fourth-order valence-corrected chi connectivity index (χ4v) is 2.16. The number of anilines is 1. The van der Waals surface area contributed by atoms with Gasteiger partial charge in [0, 0.05) is 0 Å². The standard InChI is InChI=1S/C18H24N2O4/c1-4-9-23-15-11-13(2)7-8-14(15)20-17(21)19-12-18(3,22)16-6-5-10-24-16/h5-8,10-11,22H,4,9,12H2,1-3H3,(H2,19,20,21). The average Bonchev–Trinajstić information content (AvgIpc) is 3.08. The van der Waals surface area contributed by atoms with E-state index in [2.05, 4.69) is 10.6 Å². The third kappa shape index (κ3) is 4.76. The first-order valence-corrected chi connectivity index (χ1v) is 7.97. The number of carbonyl (C=O) groups excluding carboxylic acids is 1. The van der Waals surface area contributed by atoms with Gasteiger partial charge in [-0.3, -0.25) is 0 Å². The minimum Gasteiger partial charge on any atom is -0.491 e. The van der Waals surface area contributed by atoms with Crippen LogP contribution in [0.3, 0.4) is 0 Å². The van der Waals surface area contributed by atoms with E-state index in [1.807, 2.05) is 26.0 Å². The van der Waals surface area contributed by atoms with Gasteiger partial charge in [-0.05, 0) is 50.1 Å². The van der Waals surface area contributed by atoms with Gasteiger partial charge in [-0.25, -0.2) is 4.79 Å². The normalized spacial score (nSPS) is 13.2. The van der Waals surface area contributed by atoms with Crippen LogP contribution in [0, 0.1) is 6.92 Å². The lowest BCUT2D eigenvalue weighted by Gasteiger charge is -2.21. The summed E-state index contributed by atoms with van der Waals surface area (Å²) in [6, 6.07) is 8.50. The molecule has 3 N–H and O–H groups in total. The summed E-state index contributed by atoms with van der Waals surface area (Å²) in [4.78, 5) is 12.1. The number of amides is 2. The lowest BCUT2D eigenvalue weighted by atomic mass is 10.0. The van der Waals surface area contributed by atoms with Crippen molar-refractivity contribution in [2.75, 3.05) is 18.5 Å². The van der Waals surface area contributed by atoms with Gasteiger partial charge in [-0.15, -0.1) is 0 Å². The van der Waals surface area contributed by atoms with Gasteiger partial charge in [0.2, 0.25) is 0 Å². The summed E-state index contributed by atoms with van der Waals surface area (Å²) in [7, 11) is 0. The van der Waals surface area contributed by atoms with Crippen molar-refractivity contribution in [3.05, 3.63) is 47.9 Å². The Morgan fingerprint density at radius 1 is 1.38 bits per heavy atom. The third-order valence-electron chi connectivity index (χ3n) is 3.49. The first-order valence-electron chi connectivity index (χ1n) is 7.97. The zero-order valence-corrected chi connectivity index (χ0v) is 14.3. The Kier molecular flexibility index (Phi) is 5.87. The summed E-state index contributed by atoms with van der Waals surface area (Å²) in [5, 5.41) is 15.7. The molecule has 0 saturated carbocycles. The van der Waals surface area contributed by atoms with Crippen molar-refractivity contribution in [1.29, 1.82) is 0 Å². The smallest absolute Gasteiger partial charge is 0.319 e. The van der Waals surface area contributed by atoms with E-state index >= 15 is 0 Å². The number of nitrogens with one attached hydrogen (secondary N) is 2. The molecule has 0 bridgehead atoms. The maximum atomic E-state index is 12.1. The third-order valence-corrected chi connectivity index (χ3v) is 3.49. The molecular weight excluding hydrogens is 308 g/mol. The number of rotatable bonds is 7. The number of urea groups is 1. The van der Waals surface area contributed by atoms with Crippen molar-refractivity contribution in [1.82, 2.24) is 5.32 Å². The van der Waals surface area contributed by atoms with E-state index in [0.29, 0.717) is 23.8 Å². The Morgan fingerprint density at radius 2 is 2.17 bits per heavy atom. The predicted molar refractivity (Wildman–Crippen MR) is 92.3 cm³/mol. The number of ether oxygens (including phenoxy) is 1. The van der Waals surface area contributed by atoms with E-state index in [0.717, 1.165) is 12.0 Å². The van der Waals surface area contributed by atoms with Crippen LogP contribution >= 0.6 is 0 Å². The summed E-state index contributed by atoms with van der Waals surface area (Å²) in [5.74, 6) is 1.02. The first-order chi connectivity index (χ1) is 11.4. The Morgan fingerprint density at radius 3 is 2.83 bits per heavy atom. The molecule has 2 amide bonds. The Hall–Kier alpha value is -2.47. The van der Waals surface area contributed by atoms with E-state index in [-0.39, 0.29) is 6.54 Å². The van der Waals surface area contributed by atoms with Crippen LogP contribution in [-0.4, -0.2) is 24.3 Å². The van der Waals surface area contributed by atoms with Gasteiger partial charge in [0.15, 0.2) is 0 Å². The lowest BCUT2D eigenvalue weighted by molar-refractivity contribution is 0.0372. The van der Waals surface area contributed by atoms with Crippen LogP contribution in [0.5, 0.6) is 5.75 Å². The van der Waals surface area contributed by atoms with Gasteiger partial charge in [0.1, 0.15) is 17.1 Å². The van der Waals surface area contributed by atoms with Crippen molar-refractivity contribution in [2.24, 2.45) is 0 Å². The second-order valence-electron chi connectivity index (χ2n) is 5.91. The molecule has 6 nitrogen and oxygen atoms in total. The van der Waals surface area contributed by atoms with E-state index < -0.39 is 11.6 Å². The molecule has 1 aromatic carbocycles. The van der Waals surface area contributed by atoms with E-state index in [1.54, 1.807) is 25.1 Å². The molecular formula is C18H24N2O4. The number of furan rings is 1. The first kappa shape index (κ1) is 17.9. The van der Waals surface area contributed by atoms with Gasteiger partial charge in [-0.1, -0.05) is 13.0 Å². The molecule has 2 rings (SSSR count). The predicted octanol–water partition coefficient (Wildman–Crippen LogP) is 3.41. The van der Waals surface area contributed by atoms with Crippen molar-refractivity contribution >= 4 is 11.7 Å². The monoisotopic (exact) mass is 332 g/mol. The van der Waals surface area contributed by atoms with Crippen LogP contribution in [0.2, 0.25) is 0 Å². The molecule has 0 saturated heterocycles. The van der Waals surface area contributed by atoms with Crippen LogP contribution in [0.25, 0.3) is 0 Å². The van der Waals surface area contributed by atoms with Crippen LogP contribution in [0.15, 0.2) is 41.0 Å². The molecule has 1 atom stereocenters. The number of benzene rings is 1. The Balaban J connectivity index is 1.97. The quantitative estimate of drug-likeness (QED) is 0.725. The highest BCUT2D eigenvalue weighted by molar-refractivity contribution is 5.91. The molecule has 0 spiro atoms. The number of carbonyl (C=O) groups is 1. The minimum atomic E-state index is -1.28. The average molecular weight is 332 g/mol. The van der Waals surface area contributed by atoms with Crippen molar-refractivity contribution in [2.45, 2.75) is 32.8 Å². The fraction of sp³-hybridized carbons (Fsp3) is 0.389. The highest BCUT2D eigenvalue weighted by atomic mass is 16.5. The topological polar surface area (TPSA) is 83.7 Å². The Bertz CT molecular complexity index is 666. The molecule has 6 heteroatoms. The van der Waals surface area contributed by atoms with Gasteiger partial charge >= 0.3 is 6.03 Å². The molecule has 1 heterocycles. The second-order valence-corrected chi connectivity index (χ2v) is 5.91. The second kappa shape index (κ2) is 7.88.